The van der Waals surface area contributed by atoms with E-state index in [4.69, 9.17) is 0 Å². The van der Waals surface area contributed by atoms with E-state index >= 15 is 0 Å². The molecule has 48 valence electrons. The van der Waals surface area contributed by atoms with E-state index in [9.17, 15) is 0 Å². The molecule has 1 fully saturated rings. The van der Waals surface area contributed by atoms with Gasteiger partial charge >= 0.3 is 0 Å². The minimum atomic E-state index is -0.562. The van der Waals surface area contributed by atoms with Gasteiger partial charge in [0.25, 0.3) is 0 Å². The zero-order chi connectivity index (χ0) is 6.41. The summed E-state index contributed by atoms with van der Waals surface area (Å²) in [4.78, 5) is 0. The fourth-order valence-electron chi connectivity index (χ4n) is 1.49. The molecule has 0 nitrogen and oxygen atoms in total. The Morgan fingerprint density at radius 2 is 1.25 bits per heavy atom. The lowest BCUT2D eigenvalue weighted by Gasteiger charge is -2.42. The van der Waals surface area contributed by atoms with Crippen molar-refractivity contribution in [3.8, 4) is 0 Å². The number of halogens is 2. The smallest absolute Gasteiger partial charge is 0.119 e. The third-order valence-electron chi connectivity index (χ3n) is 1.47. The Morgan fingerprint density at radius 1 is 1.00 bits per heavy atom. The van der Waals surface area contributed by atoms with Gasteiger partial charge in [0, 0.05) is 0 Å². The summed E-state index contributed by atoms with van der Waals surface area (Å²) in [7, 11) is 0. The molecular weight excluding hydrogens is 358 g/mol. The third-order valence-corrected chi connectivity index (χ3v) is 27.0. The van der Waals surface area contributed by atoms with Crippen molar-refractivity contribution in [3.05, 3.63) is 0 Å². The molecule has 1 aliphatic heterocycles. The van der Waals surface area contributed by atoms with E-state index in [2.05, 4.69) is 56.7 Å². The summed E-state index contributed by atoms with van der Waals surface area (Å²) in [6, 6.07) is 0. The minimum Gasteiger partial charge on any atom is -0.120 e. The Kier molecular flexibility index (Phi) is 2.19. The largest absolute Gasteiger partial charge is 0.120 e. The van der Waals surface area contributed by atoms with Gasteiger partial charge in [0.05, 0.1) is 0 Å². The van der Waals surface area contributed by atoms with E-state index in [0.29, 0.717) is 0 Å². The molecule has 0 bridgehead atoms. The van der Waals surface area contributed by atoms with Crippen LogP contribution < -0.4 is 0 Å². The van der Waals surface area contributed by atoms with Crippen molar-refractivity contribution in [1.82, 2.24) is 0 Å². The predicted molar refractivity (Wildman–Crippen MR) is 60.9 cm³/mol. The van der Waals surface area contributed by atoms with Gasteiger partial charge in [-0.25, -0.2) is 0 Å². The number of hydrogen-bond acceptors (Lipinski definition) is 0. The first kappa shape index (κ1) is 7.99. The van der Waals surface area contributed by atoms with Crippen LogP contribution in [0.15, 0.2) is 0 Å². The Hall–Kier alpha value is 1.89. The average Bonchev–Trinajstić information content (AvgIpc) is 1.20. The monoisotopic (exact) mass is 368 g/mol. The molecular formula is C4H10I2Si2. The van der Waals surface area contributed by atoms with E-state index in [1.54, 1.807) is 11.3 Å². The first-order valence-electron chi connectivity index (χ1n) is 2.79. The molecule has 0 aromatic carbocycles. The Labute approximate surface area is 78.3 Å². The van der Waals surface area contributed by atoms with Gasteiger partial charge < -0.3 is 0 Å². The maximum atomic E-state index is 2.72. The highest BCUT2D eigenvalue weighted by Crippen LogP contribution is 2.47. The summed E-state index contributed by atoms with van der Waals surface area (Å²) in [6.07, 6.45) is 0. The van der Waals surface area contributed by atoms with Gasteiger partial charge in [0.1, 0.15) is 11.1 Å². The lowest BCUT2D eigenvalue weighted by molar-refractivity contribution is 1.50. The normalized spacial score (nSPS) is 55.5. The van der Waals surface area contributed by atoms with Gasteiger partial charge in [-0.05, 0) is 11.3 Å². The van der Waals surface area contributed by atoms with Crippen LogP contribution in [-0.2, 0) is 0 Å². The molecule has 1 saturated heterocycles. The maximum Gasteiger partial charge on any atom is 0.119 e. The zero-order valence-corrected chi connectivity index (χ0v) is 11.5. The van der Waals surface area contributed by atoms with E-state index in [1.165, 1.54) is 0 Å². The standard InChI is InChI=1S/C4H10I2Si2/c1-7(5)3-8(2,6)4-7/h3-4H2,1-2H3. The first-order chi connectivity index (χ1) is 3.41. The van der Waals surface area contributed by atoms with Gasteiger partial charge in [0.2, 0.25) is 0 Å². The van der Waals surface area contributed by atoms with Gasteiger partial charge in [0.15, 0.2) is 0 Å². The van der Waals surface area contributed by atoms with Crippen LogP contribution in [0.2, 0.25) is 24.4 Å². The van der Waals surface area contributed by atoms with Crippen molar-refractivity contribution in [2.75, 3.05) is 0 Å². The van der Waals surface area contributed by atoms with Crippen LogP contribution >= 0.6 is 43.6 Å². The molecule has 8 heavy (non-hydrogen) atoms. The van der Waals surface area contributed by atoms with Crippen molar-refractivity contribution in [1.29, 1.82) is 0 Å². The molecule has 1 aliphatic rings. The first-order valence-corrected chi connectivity index (χ1v) is 14.8. The summed E-state index contributed by atoms with van der Waals surface area (Å²) < 4.78 is 0. The van der Waals surface area contributed by atoms with Crippen molar-refractivity contribution in [3.63, 3.8) is 0 Å². The Morgan fingerprint density at radius 3 is 1.25 bits per heavy atom. The predicted octanol–water partition coefficient (Wildman–Crippen LogP) is 3.10. The van der Waals surface area contributed by atoms with Crippen molar-refractivity contribution in [2.45, 2.75) is 24.4 Å². The van der Waals surface area contributed by atoms with Crippen molar-refractivity contribution in [2.24, 2.45) is 0 Å². The maximum absolute atomic E-state index is 2.72. The highest BCUT2D eigenvalue weighted by atomic mass is 127. The minimum absolute atomic E-state index is 0.562. The molecule has 0 saturated carbocycles. The molecule has 0 aromatic heterocycles. The molecule has 0 N–H and O–H groups in total. The highest BCUT2D eigenvalue weighted by Gasteiger charge is 2.48. The molecule has 0 aliphatic carbocycles. The number of hydrogen-bond donors (Lipinski definition) is 0. The quantitative estimate of drug-likeness (QED) is 0.350. The SMILES string of the molecule is C[Si]1(I)C[Si](C)(I)C1. The average molecular weight is 368 g/mol. The summed E-state index contributed by atoms with van der Waals surface area (Å²) in [5.41, 5.74) is 2.18. The van der Waals surface area contributed by atoms with Gasteiger partial charge in [-0.2, -0.15) is 0 Å². The van der Waals surface area contributed by atoms with Crippen LogP contribution in [0, 0.1) is 0 Å². The summed E-state index contributed by atoms with van der Waals surface area (Å²) >= 11 is 5.44. The molecule has 0 aromatic rings. The summed E-state index contributed by atoms with van der Waals surface area (Å²) in [6.45, 7) is 5.00. The molecule has 1 rings (SSSR count). The van der Waals surface area contributed by atoms with E-state index in [-0.39, 0.29) is 0 Å². The zero-order valence-electron chi connectivity index (χ0n) is 5.17. The fourth-order valence-corrected chi connectivity index (χ4v) is 56.8. The molecule has 0 radical (unpaired) electrons. The third kappa shape index (κ3) is 1.94. The Bertz CT molecular complexity index is 88.6. The lowest BCUT2D eigenvalue weighted by atomic mass is 11.7. The van der Waals surface area contributed by atoms with E-state index in [0.717, 1.165) is 0 Å². The molecule has 0 unspecified atom stereocenters. The van der Waals surface area contributed by atoms with Crippen LogP contribution in [0.5, 0.6) is 0 Å². The highest BCUT2D eigenvalue weighted by molar-refractivity contribution is 14.1. The van der Waals surface area contributed by atoms with Crippen LogP contribution in [0.3, 0.4) is 0 Å². The lowest BCUT2D eigenvalue weighted by Crippen LogP contribution is -2.51. The number of rotatable bonds is 0. The second kappa shape index (κ2) is 2.19. The molecule has 0 atom stereocenters. The molecule has 4 heteroatoms. The van der Waals surface area contributed by atoms with Gasteiger partial charge in [-0.3, -0.25) is 0 Å². The molecule has 0 spiro atoms. The second-order valence-electron chi connectivity index (χ2n) is 3.18. The fraction of sp³-hybridized carbons (Fsp3) is 1.00. The van der Waals surface area contributed by atoms with Crippen LogP contribution in [-0.4, -0.2) is 11.1 Å². The van der Waals surface area contributed by atoms with Crippen LogP contribution in [0.1, 0.15) is 0 Å². The summed E-state index contributed by atoms with van der Waals surface area (Å²) in [5.74, 6) is 0. The summed E-state index contributed by atoms with van der Waals surface area (Å²) in [5, 5.41) is 0. The van der Waals surface area contributed by atoms with Crippen LogP contribution in [0.25, 0.3) is 0 Å². The second-order valence-corrected chi connectivity index (χ2v) is 27.3. The van der Waals surface area contributed by atoms with Gasteiger partial charge in [-0.1, -0.05) is 13.1 Å². The van der Waals surface area contributed by atoms with Crippen molar-refractivity contribution >= 4 is 54.7 Å². The van der Waals surface area contributed by atoms with E-state index < -0.39 is 11.1 Å². The van der Waals surface area contributed by atoms with E-state index in [1.807, 2.05) is 0 Å². The van der Waals surface area contributed by atoms with Gasteiger partial charge in [-0.15, -0.1) is 43.6 Å². The Balaban J connectivity index is 2.42. The van der Waals surface area contributed by atoms with Crippen LogP contribution in [0.4, 0.5) is 0 Å². The molecule has 0 amide bonds. The molecule has 1 heterocycles. The topological polar surface area (TPSA) is 0 Å². The van der Waals surface area contributed by atoms with Crippen molar-refractivity contribution < 1.29 is 0 Å².